The van der Waals surface area contributed by atoms with E-state index in [1.54, 1.807) is 21.0 Å². The average Bonchev–Trinajstić information content (AvgIpc) is 2.62. The van der Waals surface area contributed by atoms with Gasteiger partial charge in [0.1, 0.15) is 11.2 Å². The van der Waals surface area contributed by atoms with Crippen LogP contribution in [0, 0.1) is 26.2 Å². The fourth-order valence-corrected chi connectivity index (χ4v) is 3.00. The van der Waals surface area contributed by atoms with Crippen molar-refractivity contribution in [2.75, 3.05) is 12.4 Å². The summed E-state index contributed by atoms with van der Waals surface area (Å²) >= 11 is 0. The molecule has 5 heteroatoms. The topological polar surface area (TPSA) is 67.4 Å². The first-order chi connectivity index (χ1) is 12.7. The van der Waals surface area contributed by atoms with E-state index in [9.17, 15) is 9.59 Å². The third kappa shape index (κ3) is 4.67. The number of anilines is 1. The zero-order valence-electron chi connectivity index (χ0n) is 16.9. The lowest BCUT2D eigenvalue weighted by atomic mass is 9.90. The van der Waals surface area contributed by atoms with Crippen molar-refractivity contribution in [3.63, 3.8) is 0 Å². The fraction of sp³-hybridized carbons (Fsp3) is 0.364. The maximum atomic E-state index is 12.8. The van der Waals surface area contributed by atoms with Crippen LogP contribution in [-0.4, -0.2) is 18.9 Å². The molecule has 5 nitrogen and oxygen atoms in total. The van der Waals surface area contributed by atoms with Crippen LogP contribution < -0.4 is 15.4 Å². The van der Waals surface area contributed by atoms with Gasteiger partial charge in [0.05, 0.1) is 7.11 Å². The molecule has 0 atom stereocenters. The minimum atomic E-state index is -1.22. The summed E-state index contributed by atoms with van der Waals surface area (Å²) in [7, 11) is 1.59. The van der Waals surface area contributed by atoms with Crippen LogP contribution in [0.3, 0.4) is 0 Å². The van der Waals surface area contributed by atoms with Crippen LogP contribution >= 0.6 is 0 Å². The highest BCUT2D eigenvalue weighted by Crippen LogP contribution is 2.26. The lowest BCUT2D eigenvalue weighted by Gasteiger charge is -2.24. The first-order valence-corrected chi connectivity index (χ1v) is 8.96. The predicted molar refractivity (Wildman–Crippen MR) is 108 cm³/mol. The molecule has 0 radical (unpaired) electrons. The Balaban J connectivity index is 2.10. The van der Waals surface area contributed by atoms with Gasteiger partial charge in [-0.05, 0) is 51.8 Å². The van der Waals surface area contributed by atoms with E-state index in [0.717, 1.165) is 27.9 Å². The van der Waals surface area contributed by atoms with Crippen LogP contribution in [0.1, 0.15) is 36.1 Å². The molecule has 0 aliphatic carbocycles. The van der Waals surface area contributed by atoms with Gasteiger partial charge in [0.2, 0.25) is 11.8 Å². The van der Waals surface area contributed by atoms with Crippen LogP contribution in [0.5, 0.6) is 5.75 Å². The maximum absolute atomic E-state index is 12.8. The van der Waals surface area contributed by atoms with Gasteiger partial charge in [-0.15, -0.1) is 0 Å². The summed E-state index contributed by atoms with van der Waals surface area (Å²) in [6.07, 6.45) is 0. The van der Waals surface area contributed by atoms with Crippen molar-refractivity contribution in [1.82, 2.24) is 5.32 Å². The van der Waals surface area contributed by atoms with Crippen molar-refractivity contribution in [2.45, 2.75) is 41.2 Å². The number of amides is 2. The molecular formula is C22H28N2O3. The molecular weight excluding hydrogens is 340 g/mol. The molecule has 0 bridgehead atoms. The maximum Gasteiger partial charge on any atom is 0.239 e. The zero-order chi connectivity index (χ0) is 20.2. The van der Waals surface area contributed by atoms with E-state index in [-0.39, 0.29) is 11.8 Å². The lowest BCUT2D eigenvalue weighted by Crippen LogP contribution is -2.45. The Morgan fingerprint density at radius 1 is 1.00 bits per heavy atom. The van der Waals surface area contributed by atoms with Crippen LogP contribution in [0.2, 0.25) is 0 Å². The molecule has 2 N–H and O–H groups in total. The molecule has 0 fully saturated rings. The van der Waals surface area contributed by atoms with Gasteiger partial charge in [0.25, 0.3) is 0 Å². The Labute approximate surface area is 161 Å². The molecule has 0 saturated heterocycles. The fourth-order valence-electron chi connectivity index (χ4n) is 3.00. The number of para-hydroxylation sites is 1. The molecule has 27 heavy (non-hydrogen) atoms. The third-order valence-corrected chi connectivity index (χ3v) is 4.68. The van der Waals surface area contributed by atoms with Crippen LogP contribution in [0.25, 0.3) is 0 Å². The van der Waals surface area contributed by atoms with E-state index in [0.29, 0.717) is 12.3 Å². The number of aryl methyl sites for hydroxylation is 3. The normalized spacial score (nSPS) is 11.0. The van der Waals surface area contributed by atoms with Crippen molar-refractivity contribution in [2.24, 2.45) is 5.41 Å². The monoisotopic (exact) mass is 368 g/mol. The third-order valence-electron chi connectivity index (χ3n) is 4.68. The molecule has 0 saturated carbocycles. The van der Waals surface area contributed by atoms with Gasteiger partial charge in [0.15, 0.2) is 0 Å². The van der Waals surface area contributed by atoms with E-state index < -0.39 is 5.41 Å². The Morgan fingerprint density at radius 3 is 2.19 bits per heavy atom. The summed E-state index contributed by atoms with van der Waals surface area (Å²) in [6.45, 7) is 9.45. The molecule has 0 aliphatic rings. The summed E-state index contributed by atoms with van der Waals surface area (Å²) in [6, 6.07) is 11.5. The molecule has 2 amide bonds. The molecule has 2 aromatic carbocycles. The predicted octanol–water partition coefficient (Wildman–Crippen LogP) is 3.90. The number of carbonyl (C=O) groups is 2. The SMILES string of the molecule is COc1ccccc1CNC(=O)C(C)(C)C(=O)Nc1c(C)cc(C)cc1C. The van der Waals surface area contributed by atoms with Gasteiger partial charge in [-0.3, -0.25) is 9.59 Å². The minimum absolute atomic E-state index is 0.294. The highest BCUT2D eigenvalue weighted by molar-refractivity contribution is 6.10. The number of nitrogens with one attached hydrogen (secondary N) is 2. The average molecular weight is 368 g/mol. The Kier molecular flexibility index (Phi) is 6.26. The van der Waals surface area contributed by atoms with Gasteiger partial charge in [-0.2, -0.15) is 0 Å². The molecule has 0 aromatic heterocycles. The van der Waals surface area contributed by atoms with E-state index >= 15 is 0 Å². The molecule has 0 heterocycles. The largest absolute Gasteiger partial charge is 0.496 e. The van der Waals surface area contributed by atoms with Gasteiger partial charge < -0.3 is 15.4 Å². The number of hydrogen-bond donors (Lipinski definition) is 2. The van der Waals surface area contributed by atoms with E-state index in [4.69, 9.17) is 4.74 Å². The summed E-state index contributed by atoms with van der Waals surface area (Å²) in [4.78, 5) is 25.5. The van der Waals surface area contributed by atoms with E-state index in [1.165, 1.54) is 0 Å². The van der Waals surface area contributed by atoms with Crippen molar-refractivity contribution >= 4 is 17.5 Å². The molecule has 2 aromatic rings. The molecule has 0 spiro atoms. The number of benzene rings is 2. The number of hydrogen-bond acceptors (Lipinski definition) is 3. The summed E-state index contributed by atoms with van der Waals surface area (Å²) in [5.74, 6) is 0.0226. The number of ether oxygens (including phenoxy) is 1. The first-order valence-electron chi connectivity index (χ1n) is 8.96. The quantitative estimate of drug-likeness (QED) is 0.760. The highest BCUT2D eigenvalue weighted by atomic mass is 16.5. The van der Waals surface area contributed by atoms with Crippen LogP contribution in [-0.2, 0) is 16.1 Å². The van der Waals surface area contributed by atoms with Crippen molar-refractivity contribution < 1.29 is 14.3 Å². The second kappa shape index (κ2) is 8.25. The van der Waals surface area contributed by atoms with Gasteiger partial charge in [-0.25, -0.2) is 0 Å². The molecule has 2 rings (SSSR count). The second-order valence-corrected chi connectivity index (χ2v) is 7.35. The Bertz CT molecular complexity index is 833. The number of rotatable bonds is 6. The standard InChI is InChI=1S/C22H28N2O3/c1-14-11-15(2)19(16(3)12-14)24-21(26)22(4,5)20(25)23-13-17-9-7-8-10-18(17)27-6/h7-12H,13H2,1-6H3,(H,23,25)(H,24,26). The number of carbonyl (C=O) groups excluding carboxylic acids is 2. The summed E-state index contributed by atoms with van der Waals surface area (Å²) in [5, 5.41) is 5.76. The van der Waals surface area contributed by atoms with Crippen LogP contribution in [0.4, 0.5) is 5.69 Å². The minimum Gasteiger partial charge on any atom is -0.496 e. The Hall–Kier alpha value is -2.82. The molecule has 0 aliphatic heterocycles. The van der Waals surface area contributed by atoms with E-state index in [2.05, 4.69) is 10.6 Å². The Morgan fingerprint density at radius 2 is 1.59 bits per heavy atom. The van der Waals surface area contributed by atoms with Crippen molar-refractivity contribution in [3.05, 3.63) is 58.7 Å². The second-order valence-electron chi connectivity index (χ2n) is 7.35. The smallest absolute Gasteiger partial charge is 0.239 e. The van der Waals surface area contributed by atoms with Crippen molar-refractivity contribution in [1.29, 1.82) is 0 Å². The van der Waals surface area contributed by atoms with Crippen molar-refractivity contribution in [3.8, 4) is 5.75 Å². The van der Waals surface area contributed by atoms with Crippen LogP contribution in [0.15, 0.2) is 36.4 Å². The van der Waals surface area contributed by atoms with Gasteiger partial charge in [0, 0.05) is 17.8 Å². The highest BCUT2D eigenvalue weighted by Gasteiger charge is 2.36. The zero-order valence-corrected chi connectivity index (χ0v) is 16.9. The van der Waals surface area contributed by atoms with Gasteiger partial charge in [-0.1, -0.05) is 35.9 Å². The summed E-state index contributed by atoms with van der Waals surface area (Å²) < 4.78 is 5.30. The molecule has 0 unspecified atom stereocenters. The summed E-state index contributed by atoms with van der Waals surface area (Å²) in [5.41, 5.74) is 3.49. The lowest BCUT2D eigenvalue weighted by molar-refractivity contribution is -0.138. The molecule has 144 valence electrons. The van der Waals surface area contributed by atoms with E-state index in [1.807, 2.05) is 57.2 Å². The number of methoxy groups -OCH3 is 1. The first kappa shape index (κ1) is 20.5. The van der Waals surface area contributed by atoms with Gasteiger partial charge >= 0.3 is 0 Å².